The van der Waals surface area contributed by atoms with Crippen LogP contribution in [0.3, 0.4) is 0 Å². The molecule has 0 N–H and O–H groups in total. The van der Waals surface area contributed by atoms with Crippen molar-refractivity contribution in [3.05, 3.63) is 257 Å². The molecule has 8 aliphatic rings. The van der Waals surface area contributed by atoms with Gasteiger partial charge in [0.1, 0.15) is 0 Å². The zero-order chi connectivity index (χ0) is 45.2. The minimum Gasteiger partial charge on any atom is -0.310 e. The second kappa shape index (κ2) is 15.4. The summed E-state index contributed by atoms with van der Waals surface area (Å²) in [5.74, 6) is 2.87. The summed E-state index contributed by atoms with van der Waals surface area (Å²) in [7, 11) is 0. The molecule has 8 aliphatic carbocycles. The quantitative estimate of drug-likeness (QED) is 0.147. The Bertz CT molecular complexity index is 3480. The number of hydrogen-bond donors (Lipinski definition) is 0. The van der Waals surface area contributed by atoms with Gasteiger partial charge in [0.15, 0.2) is 0 Å². The van der Waals surface area contributed by atoms with Crippen LogP contribution in [0, 0.1) is 6.42 Å². The second-order valence-corrected chi connectivity index (χ2v) is 21.0. The van der Waals surface area contributed by atoms with Gasteiger partial charge in [-0.25, -0.2) is 0 Å². The van der Waals surface area contributed by atoms with Gasteiger partial charge in [0, 0.05) is 23.5 Å². The van der Waals surface area contributed by atoms with Gasteiger partial charge in [-0.15, -0.1) is 0 Å². The molecule has 69 heavy (non-hydrogen) atoms. The summed E-state index contributed by atoms with van der Waals surface area (Å²) >= 11 is 0. The Morgan fingerprint density at radius 1 is 0.377 bits per heavy atom. The summed E-state index contributed by atoms with van der Waals surface area (Å²) in [6.07, 6.45) is 15.4. The molecule has 17 rings (SSSR count). The minimum atomic E-state index is -0.573. The van der Waals surface area contributed by atoms with Crippen molar-refractivity contribution in [2.45, 2.75) is 80.5 Å². The highest BCUT2D eigenvalue weighted by atomic mass is 15.1. The molecule has 1 unspecified atom stereocenters. The van der Waals surface area contributed by atoms with E-state index in [0.717, 1.165) is 23.2 Å². The molecule has 9 aromatic rings. The van der Waals surface area contributed by atoms with Gasteiger partial charge in [-0.3, -0.25) is 0 Å². The Labute approximate surface area is 406 Å². The molecule has 0 spiro atoms. The van der Waals surface area contributed by atoms with Gasteiger partial charge in [0.05, 0.1) is 5.41 Å². The van der Waals surface area contributed by atoms with Gasteiger partial charge in [-0.05, 0) is 211 Å². The van der Waals surface area contributed by atoms with Gasteiger partial charge >= 0.3 is 0 Å². The van der Waals surface area contributed by atoms with Crippen LogP contribution in [0.4, 0.5) is 17.1 Å². The van der Waals surface area contributed by atoms with Crippen LogP contribution in [0.15, 0.2) is 200 Å². The number of nitrogens with zero attached hydrogens (tertiary/aromatic N) is 1. The zero-order valence-corrected chi connectivity index (χ0v) is 39.0. The normalized spacial score (nSPS) is 22.1. The zero-order valence-electron chi connectivity index (χ0n) is 39.0. The monoisotopic (exact) mass is 884 g/mol. The largest absolute Gasteiger partial charge is 0.310 e. The molecule has 2 fully saturated rings. The molecule has 0 amide bonds. The van der Waals surface area contributed by atoms with E-state index in [1.54, 1.807) is 27.8 Å². The maximum Gasteiger partial charge on any atom is 0.0720 e. The first-order chi connectivity index (χ1) is 34.2. The van der Waals surface area contributed by atoms with E-state index in [-0.39, 0.29) is 0 Å². The molecule has 1 atom stereocenters. The molecular weight excluding hydrogens is 831 g/mol. The molecule has 0 saturated heterocycles. The Hall–Kier alpha value is -7.22. The summed E-state index contributed by atoms with van der Waals surface area (Å²) in [5, 5.41) is 2.57. The Kier molecular flexibility index (Phi) is 8.87. The highest BCUT2D eigenvalue weighted by Crippen LogP contribution is 2.62. The fourth-order valence-corrected chi connectivity index (χ4v) is 14.6. The first-order valence-electron chi connectivity index (χ1n) is 25.8. The fraction of sp³-hybridized carbons (Fsp3) is 0.191. The number of hydrogen-bond acceptors (Lipinski definition) is 1. The lowest BCUT2D eigenvalue weighted by Crippen LogP contribution is -2.30. The van der Waals surface area contributed by atoms with E-state index in [2.05, 4.69) is 212 Å². The summed E-state index contributed by atoms with van der Waals surface area (Å²) in [6.45, 7) is 0. The SMILES string of the molecule is [CH]1C=C1c1ccccc1C1(c2ccccc2)c2cc(N(c3ccc(-c4ccccc4)cc3)c3ccc(-c4c5c(cc6c4C4CCC6CC4)C4CCC5CC4)cc3)ccc2-c2c1ccc1ccccc21. The molecule has 4 bridgehead atoms. The van der Waals surface area contributed by atoms with Crippen LogP contribution in [-0.2, 0) is 5.41 Å². The van der Waals surface area contributed by atoms with Gasteiger partial charge < -0.3 is 4.90 Å². The van der Waals surface area contributed by atoms with E-state index < -0.39 is 5.41 Å². The number of fused-ring (bicyclic) bond motifs is 9. The van der Waals surface area contributed by atoms with Crippen LogP contribution in [0.25, 0.3) is 49.7 Å². The van der Waals surface area contributed by atoms with Crippen LogP contribution >= 0.6 is 0 Å². The summed E-state index contributed by atoms with van der Waals surface area (Å²) < 4.78 is 0. The average molecular weight is 885 g/mol. The second-order valence-electron chi connectivity index (χ2n) is 21.0. The molecule has 1 heteroatoms. The van der Waals surface area contributed by atoms with E-state index >= 15 is 0 Å². The standard InChI is InChI=1S/C68H54N/c1-3-11-43(12-4-1)44-29-34-53(35-30-44)69(54-36-31-51(32-37-54)66-64-49-25-21-47(22-26-49)59(64)42-60-48-23-27-50(28-24-48)65(60)66)55-38-39-58-63(41-55)68(52-14-5-2-6-15-52,61-18-10-9-16-56(61)46-19-20-46)62-40-33-45-13-7-8-17-57(45)67(58)62/h1-20,29-42,47-50H,21-28H2. The Morgan fingerprint density at radius 3 is 1.59 bits per heavy atom. The number of benzene rings is 9. The molecule has 0 aliphatic heterocycles. The molecule has 0 heterocycles. The van der Waals surface area contributed by atoms with Gasteiger partial charge in [-0.2, -0.15) is 0 Å². The average Bonchev–Trinajstić information content (AvgIpc) is 4.24. The van der Waals surface area contributed by atoms with Crippen molar-refractivity contribution in [1.29, 1.82) is 0 Å². The van der Waals surface area contributed by atoms with Crippen molar-refractivity contribution in [2.24, 2.45) is 0 Å². The van der Waals surface area contributed by atoms with Gasteiger partial charge in [0.25, 0.3) is 0 Å². The Balaban J connectivity index is 0.955. The van der Waals surface area contributed by atoms with E-state index in [4.69, 9.17) is 0 Å². The van der Waals surface area contributed by atoms with Crippen LogP contribution in [0.1, 0.15) is 125 Å². The molecule has 2 saturated carbocycles. The van der Waals surface area contributed by atoms with Gasteiger partial charge in [-0.1, -0.05) is 164 Å². The van der Waals surface area contributed by atoms with Crippen molar-refractivity contribution in [3.8, 4) is 33.4 Å². The van der Waals surface area contributed by atoms with Crippen LogP contribution in [-0.4, -0.2) is 0 Å². The molecule has 9 aromatic carbocycles. The van der Waals surface area contributed by atoms with E-state index in [1.807, 2.05) is 0 Å². The van der Waals surface area contributed by atoms with E-state index in [0.29, 0.717) is 11.8 Å². The van der Waals surface area contributed by atoms with Crippen molar-refractivity contribution < 1.29 is 0 Å². The predicted molar refractivity (Wildman–Crippen MR) is 287 cm³/mol. The third-order valence-electron chi connectivity index (χ3n) is 17.7. The third-order valence-corrected chi connectivity index (χ3v) is 17.7. The maximum absolute atomic E-state index is 2.75. The number of anilines is 3. The number of allylic oxidation sites excluding steroid dienone is 2. The predicted octanol–water partition coefficient (Wildman–Crippen LogP) is 18.1. The Morgan fingerprint density at radius 2 is 0.928 bits per heavy atom. The third kappa shape index (κ3) is 5.96. The van der Waals surface area contributed by atoms with E-state index in [9.17, 15) is 0 Å². The molecule has 0 aromatic heterocycles. The lowest BCUT2D eigenvalue weighted by atomic mass is 9.59. The molecule has 1 nitrogen and oxygen atoms in total. The fourth-order valence-electron chi connectivity index (χ4n) is 14.6. The van der Waals surface area contributed by atoms with Crippen LogP contribution in [0.2, 0.25) is 0 Å². The summed E-state index contributed by atoms with van der Waals surface area (Å²) in [6, 6.07) is 74.4. The lowest BCUT2D eigenvalue weighted by Gasteiger charge is -2.46. The topological polar surface area (TPSA) is 3.24 Å². The van der Waals surface area contributed by atoms with Crippen molar-refractivity contribution in [2.75, 3.05) is 4.90 Å². The van der Waals surface area contributed by atoms with Crippen molar-refractivity contribution >= 4 is 33.4 Å². The minimum absolute atomic E-state index is 0.573. The molecule has 1 radical (unpaired) electrons. The number of rotatable bonds is 8. The summed E-state index contributed by atoms with van der Waals surface area (Å²) in [4.78, 5) is 2.53. The molecular formula is C68H54N. The lowest BCUT2D eigenvalue weighted by molar-refractivity contribution is 0.342. The molecule has 331 valence electrons. The van der Waals surface area contributed by atoms with Gasteiger partial charge in [0.2, 0.25) is 0 Å². The highest BCUT2D eigenvalue weighted by Gasteiger charge is 2.49. The smallest absolute Gasteiger partial charge is 0.0720 e. The van der Waals surface area contributed by atoms with Crippen molar-refractivity contribution in [3.63, 3.8) is 0 Å². The maximum atomic E-state index is 2.75. The highest BCUT2D eigenvalue weighted by molar-refractivity contribution is 6.05. The van der Waals surface area contributed by atoms with Crippen LogP contribution in [0.5, 0.6) is 0 Å². The van der Waals surface area contributed by atoms with Crippen LogP contribution < -0.4 is 4.90 Å². The van der Waals surface area contributed by atoms with E-state index in [1.165, 1.54) is 129 Å². The first kappa shape index (κ1) is 39.7. The summed E-state index contributed by atoms with van der Waals surface area (Å²) in [5.41, 5.74) is 25.8. The van der Waals surface area contributed by atoms with Crippen molar-refractivity contribution in [1.82, 2.24) is 0 Å². The first-order valence-corrected chi connectivity index (χ1v) is 25.8.